The van der Waals surface area contributed by atoms with Crippen LogP contribution in [-0.2, 0) is 0 Å². The zero-order valence-corrected chi connectivity index (χ0v) is 11.8. The summed E-state index contributed by atoms with van der Waals surface area (Å²) in [7, 11) is 0. The van der Waals surface area contributed by atoms with Crippen LogP contribution >= 0.6 is 0 Å². The summed E-state index contributed by atoms with van der Waals surface area (Å²) in [6.07, 6.45) is 0. The van der Waals surface area contributed by atoms with Crippen LogP contribution in [0.5, 0.6) is 0 Å². The molecule has 20 heavy (non-hydrogen) atoms. The monoisotopic (exact) mass is 256 g/mol. The van der Waals surface area contributed by atoms with Gasteiger partial charge in [-0.05, 0) is 63.4 Å². The fourth-order valence-corrected chi connectivity index (χ4v) is 3.42. The van der Waals surface area contributed by atoms with Gasteiger partial charge in [-0.2, -0.15) is 0 Å². The molecule has 0 nitrogen and oxygen atoms in total. The molecule has 0 unspecified atom stereocenters. The molecule has 0 heterocycles. The molecule has 0 atom stereocenters. The van der Waals surface area contributed by atoms with Gasteiger partial charge in [0.2, 0.25) is 0 Å². The van der Waals surface area contributed by atoms with Crippen LogP contribution in [0.1, 0.15) is 11.1 Å². The topological polar surface area (TPSA) is 0 Å². The Morgan fingerprint density at radius 3 is 1.95 bits per heavy atom. The number of rotatable bonds is 0. The lowest BCUT2D eigenvalue weighted by Crippen LogP contribution is -1.88. The molecule has 0 bridgehead atoms. The molecule has 0 saturated heterocycles. The molecule has 0 heteroatoms. The standard InChI is InChI=1S/C20H16/c1-13-11-15-7-4-6-10-18(15)19-12-16-8-3-5-9-17(16)14(2)20(13)19/h3-12H,1-2H3. The summed E-state index contributed by atoms with van der Waals surface area (Å²) in [5.41, 5.74) is 2.75. The van der Waals surface area contributed by atoms with Crippen LogP contribution in [-0.4, -0.2) is 0 Å². The van der Waals surface area contributed by atoms with E-state index in [1.54, 1.807) is 0 Å². The lowest BCUT2D eigenvalue weighted by molar-refractivity contribution is 1.51. The van der Waals surface area contributed by atoms with Crippen molar-refractivity contribution < 1.29 is 0 Å². The molecule has 0 saturated carbocycles. The summed E-state index contributed by atoms with van der Waals surface area (Å²) in [6, 6.07) is 22.0. The van der Waals surface area contributed by atoms with Crippen LogP contribution in [0.25, 0.3) is 32.3 Å². The molecule has 0 spiro atoms. The molecule has 0 radical (unpaired) electrons. The smallest absolute Gasteiger partial charge is 0.00937 e. The summed E-state index contributed by atoms with van der Waals surface area (Å²) >= 11 is 0. The first-order valence-corrected chi connectivity index (χ1v) is 7.06. The van der Waals surface area contributed by atoms with Crippen LogP contribution < -0.4 is 0 Å². The zero-order valence-electron chi connectivity index (χ0n) is 11.8. The maximum absolute atomic E-state index is 2.34. The van der Waals surface area contributed by atoms with Crippen molar-refractivity contribution in [3.8, 4) is 0 Å². The predicted molar refractivity (Wildman–Crippen MR) is 88.4 cm³/mol. The molecule has 0 N–H and O–H groups in total. The van der Waals surface area contributed by atoms with E-state index in [0.29, 0.717) is 0 Å². The minimum Gasteiger partial charge on any atom is -0.0616 e. The first kappa shape index (κ1) is 11.5. The van der Waals surface area contributed by atoms with E-state index < -0.39 is 0 Å². The molecule has 0 aliphatic heterocycles. The van der Waals surface area contributed by atoms with Crippen molar-refractivity contribution in [3.05, 3.63) is 71.8 Å². The van der Waals surface area contributed by atoms with E-state index in [4.69, 9.17) is 0 Å². The van der Waals surface area contributed by atoms with Gasteiger partial charge in [0.15, 0.2) is 0 Å². The van der Waals surface area contributed by atoms with E-state index in [1.165, 1.54) is 43.4 Å². The second-order valence-corrected chi connectivity index (χ2v) is 5.56. The number of hydrogen-bond donors (Lipinski definition) is 0. The Bertz CT molecular complexity index is 962. The van der Waals surface area contributed by atoms with Gasteiger partial charge in [-0.25, -0.2) is 0 Å². The highest BCUT2D eigenvalue weighted by Crippen LogP contribution is 2.34. The zero-order chi connectivity index (χ0) is 13.7. The van der Waals surface area contributed by atoms with Gasteiger partial charge in [-0.1, -0.05) is 54.6 Å². The summed E-state index contributed by atoms with van der Waals surface area (Å²) in [4.78, 5) is 0. The highest BCUT2D eigenvalue weighted by atomic mass is 14.1. The Morgan fingerprint density at radius 2 is 1.20 bits per heavy atom. The Hall–Kier alpha value is -2.34. The molecule has 4 aromatic rings. The second kappa shape index (κ2) is 4.08. The minimum absolute atomic E-state index is 1.33. The Balaban J connectivity index is 2.36. The van der Waals surface area contributed by atoms with Crippen molar-refractivity contribution >= 4 is 32.3 Å². The average Bonchev–Trinajstić information content (AvgIpc) is 2.47. The van der Waals surface area contributed by atoms with Gasteiger partial charge in [0.25, 0.3) is 0 Å². The number of aryl methyl sites for hydroxylation is 2. The highest BCUT2D eigenvalue weighted by Gasteiger charge is 2.09. The van der Waals surface area contributed by atoms with Crippen LogP contribution in [0.3, 0.4) is 0 Å². The normalized spacial score (nSPS) is 11.5. The van der Waals surface area contributed by atoms with Crippen molar-refractivity contribution in [2.24, 2.45) is 0 Å². The molecule has 4 rings (SSSR count). The third-order valence-electron chi connectivity index (χ3n) is 4.33. The van der Waals surface area contributed by atoms with E-state index >= 15 is 0 Å². The van der Waals surface area contributed by atoms with Gasteiger partial charge in [-0.15, -0.1) is 0 Å². The van der Waals surface area contributed by atoms with Crippen LogP contribution in [0.4, 0.5) is 0 Å². The lowest BCUT2D eigenvalue weighted by Gasteiger charge is -2.13. The second-order valence-electron chi connectivity index (χ2n) is 5.56. The summed E-state index contributed by atoms with van der Waals surface area (Å²) in [6.45, 7) is 4.46. The number of hydrogen-bond acceptors (Lipinski definition) is 0. The summed E-state index contributed by atoms with van der Waals surface area (Å²) in [5, 5.41) is 8.14. The molecule has 0 aliphatic carbocycles. The molecule has 4 aromatic carbocycles. The lowest BCUT2D eigenvalue weighted by atomic mass is 9.91. The Kier molecular flexibility index (Phi) is 2.34. The van der Waals surface area contributed by atoms with E-state index in [-0.39, 0.29) is 0 Å². The van der Waals surface area contributed by atoms with Crippen LogP contribution in [0, 0.1) is 13.8 Å². The quantitative estimate of drug-likeness (QED) is 0.277. The third kappa shape index (κ3) is 1.48. The van der Waals surface area contributed by atoms with Crippen molar-refractivity contribution in [1.82, 2.24) is 0 Å². The predicted octanol–water partition coefficient (Wildman–Crippen LogP) is 5.76. The third-order valence-corrected chi connectivity index (χ3v) is 4.33. The van der Waals surface area contributed by atoms with E-state index in [1.807, 2.05) is 0 Å². The maximum atomic E-state index is 2.34. The van der Waals surface area contributed by atoms with Crippen molar-refractivity contribution in [3.63, 3.8) is 0 Å². The van der Waals surface area contributed by atoms with Gasteiger partial charge in [0, 0.05) is 0 Å². The molecule has 0 amide bonds. The first-order chi connectivity index (χ1) is 9.75. The number of fused-ring (bicyclic) bond motifs is 4. The molecular weight excluding hydrogens is 240 g/mol. The van der Waals surface area contributed by atoms with Gasteiger partial charge < -0.3 is 0 Å². The van der Waals surface area contributed by atoms with E-state index in [2.05, 4.69) is 74.5 Å². The van der Waals surface area contributed by atoms with Crippen molar-refractivity contribution in [2.45, 2.75) is 13.8 Å². The molecule has 96 valence electrons. The molecular formula is C20H16. The molecule has 0 fully saturated rings. The average molecular weight is 256 g/mol. The Morgan fingerprint density at radius 1 is 0.600 bits per heavy atom. The van der Waals surface area contributed by atoms with E-state index in [0.717, 1.165) is 0 Å². The largest absolute Gasteiger partial charge is 0.0616 e. The minimum atomic E-state index is 1.33. The van der Waals surface area contributed by atoms with Gasteiger partial charge >= 0.3 is 0 Å². The highest BCUT2D eigenvalue weighted by molar-refractivity contribution is 6.15. The summed E-state index contributed by atoms with van der Waals surface area (Å²) < 4.78 is 0. The van der Waals surface area contributed by atoms with Gasteiger partial charge in [0.05, 0.1) is 0 Å². The van der Waals surface area contributed by atoms with E-state index in [9.17, 15) is 0 Å². The van der Waals surface area contributed by atoms with Crippen molar-refractivity contribution in [1.29, 1.82) is 0 Å². The van der Waals surface area contributed by atoms with Gasteiger partial charge in [0.1, 0.15) is 0 Å². The van der Waals surface area contributed by atoms with Crippen molar-refractivity contribution in [2.75, 3.05) is 0 Å². The SMILES string of the molecule is Cc1cc2ccccc2c2cc3ccccc3c(C)c12. The van der Waals surface area contributed by atoms with Gasteiger partial charge in [-0.3, -0.25) is 0 Å². The summed E-state index contributed by atoms with van der Waals surface area (Å²) in [5.74, 6) is 0. The maximum Gasteiger partial charge on any atom is -0.00937 e. The first-order valence-electron chi connectivity index (χ1n) is 7.06. The fourth-order valence-electron chi connectivity index (χ4n) is 3.42. The molecule has 0 aliphatic rings. The van der Waals surface area contributed by atoms with Crippen LogP contribution in [0.15, 0.2) is 60.7 Å². The Labute approximate surface area is 118 Å². The molecule has 0 aromatic heterocycles. The fraction of sp³-hybridized carbons (Fsp3) is 0.100. The number of benzene rings is 4. The van der Waals surface area contributed by atoms with Crippen LogP contribution in [0.2, 0.25) is 0 Å².